The molecule has 59 heavy (non-hydrogen) atoms. The summed E-state index contributed by atoms with van der Waals surface area (Å²) in [6.07, 6.45) is 3.07. The average Bonchev–Trinajstić information content (AvgIpc) is 3.20. The number of nitrogens with one attached hydrogen (secondary N) is 5. The van der Waals surface area contributed by atoms with Crippen LogP contribution in [0.5, 0.6) is 0 Å². The van der Waals surface area contributed by atoms with Gasteiger partial charge in [0.2, 0.25) is 17.7 Å². The molecule has 18 heteroatoms. The van der Waals surface area contributed by atoms with Gasteiger partial charge in [0, 0.05) is 45.7 Å². The summed E-state index contributed by atoms with van der Waals surface area (Å²) >= 11 is 0. The molecule has 6 N–H and O–H groups in total. The van der Waals surface area contributed by atoms with E-state index in [-0.39, 0.29) is 63.9 Å². The Morgan fingerprint density at radius 3 is 2.19 bits per heavy atom. The second-order valence-electron chi connectivity index (χ2n) is 16.3. The molecule has 1 saturated carbocycles. The van der Waals surface area contributed by atoms with Crippen molar-refractivity contribution in [1.82, 2.24) is 35.2 Å². The molecule has 4 unspecified atom stereocenters. The van der Waals surface area contributed by atoms with Crippen molar-refractivity contribution in [2.24, 2.45) is 5.92 Å². The van der Waals surface area contributed by atoms with E-state index < -0.39 is 57.9 Å². The SMILES string of the molecule is CC(C)(C)OC(=O)NCC#CCC(NC(=O)C(Cc1ccccc1)NS(=O)(=O)N1CCOCC1)C(=O)NC(CC1CCCCC1)C(O)CC(=O)NCCN1CCOCC1. The smallest absolute Gasteiger partial charge is 0.408 e. The maximum absolute atomic E-state index is 14.2. The maximum atomic E-state index is 14.2. The Hall–Kier alpha value is -3.83. The number of aliphatic hydroxyl groups excluding tert-OH is 1. The van der Waals surface area contributed by atoms with E-state index in [1.165, 1.54) is 4.31 Å². The first-order valence-corrected chi connectivity index (χ1v) is 22.3. The fourth-order valence-corrected chi connectivity index (χ4v) is 8.52. The summed E-state index contributed by atoms with van der Waals surface area (Å²) < 4.78 is 46.7. The molecular formula is C41H65N7O10S. The molecule has 2 aliphatic heterocycles. The number of alkyl carbamates (subject to hydrolysis) is 1. The standard InChI is InChI=1S/C41H65N7O10S/c1-41(2,3)58-40(53)43-17-11-10-16-33(44-39(52)35(29-32-14-8-5-9-15-32)46-59(54,55)48-22-26-57-27-23-48)38(51)45-34(28-31-12-6-4-7-13-31)36(49)30-37(50)42-18-19-47-20-24-56-25-21-47/h5,8-9,14-15,31,33-36,46,49H,4,6-7,12-13,16-30H2,1-3H3,(H,42,50)(H,43,53)(H,44,52)(H,45,51). The van der Waals surface area contributed by atoms with E-state index in [9.17, 15) is 32.7 Å². The monoisotopic (exact) mass is 847 g/mol. The fraction of sp³-hybridized carbons (Fsp3) is 0.707. The quantitative estimate of drug-likeness (QED) is 0.107. The minimum absolute atomic E-state index is 0.0141. The van der Waals surface area contributed by atoms with E-state index in [1.807, 2.05) is 0 Å². The molecule has 1 aliphatic carbocycles. The van der Waals surface area contributed by atoms with Crippen LogP contribution >= 0.6 is 0 Å². The third kappa shape index (κ3) is 18.1. The Morgan fingerprint density at radius 1 is 0.881 bits per heavy atom. The number of hydrogen-bond acceptors (Lipinski definition) is 11. The largest absolute Gasteiger partial charge is 0.444 e. The Balaban J connectivity index is 1.52. The molecule has 4 atom stereocenters. The second kappa shape index (κ2) is 24.4. The molecule has 330 valence electrons. The van der Waals surface area contributed by atoms with Crippen molar-refractivity contribution >= 4 is 34.0 Å². The molecule has 2 heterocycles. The van der Waals surface area contributed by atoms with Gasteiger partial charge in [-0.25, -0.2) is 4.79 Å². The number of carbonyl (C=O) groups is 4. The van der Waals surface area contributed by atoms with Crippen LogP contribution in [0, 0.1) is 17.8 Å². The summed E-state index contributed by atoms with van der Waals surface area (Å²) in [5.41, 5.74) is -0.0300. The summed E-state index contributed by atoms with van der Waals surface area (Å²) in [6.45, 7) is 9.64. The van der Waals surface area contributed by atoms with Gasteiger partial charge < -0.3 is 40.6 Å². The third-order valence-corrected chi connectivity index (χ3v) is 12.0. The van der Waals surface area contributed by atoms with E-state index in [0.29, 0.717) is 38.3 Å². The van der Waals surface area contributed by atoms with Gasteiger partial charge >= 0.3 is 6.09 Å². The van der Waals surface area contributed by atoms with E-state index in [0.717, 1.165) is 45.2 Å². The number of aliphatic hydroxyl groups is 1. The normalized spacial score (nSPS) is 19.2. The Morgan fingerprint density at radius 2 is 1.53 bits per heavy atom. The lowest BCUT2D eigenvalue weighted by Crippen LogP contribution is -2.58. The van der Waals surface area contributed by atoms with Crippen LogP contribution in [0.1, 0.15) is 77.7 Å². The molecule has 3 fully saturated rings. The zero-order valence-electron chi connectivity index (χ0n) is 34.8. The number of hydrogen-bond donors (Lipinski definition) is 6. The lowest BCUT2D eigenvalue weighted by molar-refractivity contribution is -0.131. The van der Waals surface area contributed by atoms with E-state index in [2.05, 4.69) is 42.7 Å². The van der Waals surface area contributed by atoms with Crippen LogP contribution in [0.2, 0.25) is 0 Å². The number of amides is 4. The van der Waals surface area contributed by atoms with Gasteiger partial charge in [-0.2, -0.15) is 17.4 Å². The Kier molecular flexibility index (Phi) is 19.8. The van der Waals surface area contributed by atoms with Gasteiger partial charge in [-0.15, -0.1) is 0 Å². The highest BCUT2D eigenvalue weighted by Gasteiger charge is 2.34. The summed E-state index contributed by atoms with van der Waals surface area (Å²) in [7, 11) is -4.14. The van der Waals surface area contributed by atoms with Crippen molar-refractivity contribution < 1.29 is 46.9 Å². The molecule has 17 nitrogen and oxygen atoms in total. The molecule has 0 radical (unpaired) electrons. The average molecular weight is 848 g/mol. The van der Waals surface area contributed by atoms with Crippen molar-refractivity contribution in [3.63, 3.8) is 0 Å². The van der Waals surface area contributed by atoms with Crippen LogP contribution < -0.4 is 26.0 Å². The van der Waals surface area contributed by atoms with Crippen LogP contribution in [0.25, 0.3) is 0 Å². The first-order chi connectivity index (χ1) is 28.2. The Bertz CT molecular complexity index is 1650. The van der Waals surface area contributed by atoms with E-state index in [4.69, 9.17) is 14.2 Å². The zero-order valence-corrected chi connectivity index (χ0v) is 35.7. The molecule has 0 spiro atoms. The van der Waals surface area contributed by atoms with Gasteiger partial charge in [0.15, 0.2) is 0 Å². The molecule has 4 amide bonds. The van der Waals surface area contributed by atoms with Crippen molar-refractivity contribution in [3.8, 4) is 11.8 Å². The number of carbonyl (C=O) groups excluding carboxylic acids is 4. The molecule has 1 aromatic carbocycles. The molecule has 4 rings (SSSR count). The fourth-order valence-electron chi connectivity index (χ4n) is 7.19. The maximum Gasteiger partial charge on any atom is 0.408 e. The van der Waals surface area contributed by atoms with Gasteiger partial charge in [-0.05, 0) is 45.1 Å². The third-order valence-electron chi connectivity index (χ3n) is 10.3. The Labute approximate surface area is 349 Å². The van der Waals surface area contributed by atoms with Crippen LogP contribution in [0.15, 0.2) is 30.3 Å². The predicted molar refractivity (Wildman–Crippen MR) is 221 cm³/mol. The van der Waals surface area contributed by atoms with Gasteiger partial charge in [0.1, 0.15) is 17.7 Å². The lowest BCUT2D eigenvalue weighted by Gasteiger charge is -2.32. The van der Waals surface area contributed by atoms with E-state index >= 15 is 0 Å². The number of ether oxygens (including phenoxy) is 3. The molecule has 0 aromatic heterocycles. The highest BCUT2D eigenvalue weighted by Crippen LogP contribution is 2.28. The van der Waals surface area contributed by atoms with Crippen LogP contribution in [-0.4, -0.2) is 149 Å². The highest BCUT2D eigenvalue weighted by atomic mass is 32.2. The van der Waals surface area contributed by atoms with Crippen LogP contribution in [0.3, 0.4) is 0 Å². The van der Waals surface area contributed by atoms with Crippen LogP contribution in [0.4, 0.5) is 4.79 Å². The number of benzene rings is 1. The molecule has 3 aliphatic rings. The lowest BCUT2D eigenvalue weighted by atomic mass is 9.83. The van der Waals surface area contributed by atoms with Crippen molar-refractivity contribution in [2.75, 3.05) is 72.2 Å². The first kappa shape index (κ1) is 47.8. The second-order valence-corrected chi connectivity index (χ2v) is 18.0. The molecule has 2 saturated heterocycles. The van der Waals surface area contributed by atoms with Crippen molar-refractivity contribution in [3.05, 3.63) is 35.9 Å². The first-order valence-electron chi connectivity index (χ1n) is 20.9. The minimum atomic E-state index is -4.14. The summed E-state index contributed by atoms with van der Waals surface area (Å²) in [4.78, 5) is 55.8. The number of rotatable bonds is 19. The summed E-state index contributed by atoms with van der Waals surface area (Å²) in [5, 5.41) is 22.6. The van der Waals surface area contributed by atoms with Gasteiger partial charge in [-0.1, -0.05) is 74.3 Å². The topological polar surface area (TPSA) is 217 Å². The molecule has 0 bridgehead atoms. The summed E-state index contributed by atoms with van der Waals surface area (Å²) in [5.74, 6) is 4.08. The van der Waals surface area contributed by atoms with Crippen molar-refractivity contribution in [2.45, 2.75) is 108 Å². The number of morpholine rings is 2. The molecular weight excluding hydrogens is 783 g/mol. The minimum Gasteiger partial charge on any atom is -0.444 e. The van der Waals surface area contributed by atoms with E-state index in [1.54, 1.807) is 51.1 Å². The highest BCUT2D eigenvalue weighted by molar-refractivity contribution is 7.87. The summed E-state index contributed by atoms with van der Waals surface area (Å²) in [6, 6.07) is 5.47. The van der Waals surface area contributed by atoms with Crippen LogP contribution in [-0.2, 0) is 45.2 Å². The van der Waals surface area contributed by atoms with Gasteiger partial charge in [-0.3, -0.25) is 19.3 Å². The predicted octanol–water partition coefficient (Wildman–Crippen LogP) is 0.822. The zero-order chi connectivity index (χ0) is 42.7. The number of nitrogens with zero attached hydrogens (tertiary/aromatic N) is 2. The molecule has 1 aromatic rings. The van der Waals surface area contributed by atoms with Crippen molar-refractivity contribution in [1.29, 1.82) is 0 Å². The van der Waals surface area contributed by atoms with Gasteiger partial charge in [0.25, 0.3) is 10.2 Å². The van der Waals surface area contributed by atoms with Gasteiger partial charge in [0.05, 0.1) is 51.5 Å².